The second kappa shape index (κ2) is 4.50. The molecule has 0 saturated carbocycles. The molecule has 78 valence electrons. The highest BCUT2D eigenvalue weighted by Gasteiger charge is 2.24. The van der Waals surface area contributed by atoms with Crippen molar-refractivity contribution in [3.8, 4) is 0 Å². The molecular formula is C8H12N2O4. The molecule has 0 aromatic heterocycles. The maximum atomic E-state index is 11.3. The van der Waals surface area contributed by atoms with Gasteiger partial charge in [-0.15, -0.1) is 0 Å². The molecule has 1 aliphatic rings. The third kappa shape index (κ3) is 2.38. The standard InChI is InChI=1S/C8H12N2O4/c1-2-13-7(11)5-3-4-14-6(5)10-8(9)12/h2-4H2,1H3,(H3,9,10,12). The van der Waals surface area contributed by atoms with Gasteiger partial charge in [-0.1, -0.05) is 0 Å². The Morgan fingerprint density at radius 2 is 2.36 bits per heavy atom. The van der Waals surface area contributed by atoms with E-state index >= 15 is 0 Å². The Hall–Kier alpha value is -1.72. The van der Waals surface area contributed by atoms with Crippen molar-refractivity contribution < 1.29 is 19.1 Å². The molecule has 0 fully saturated rings. The van der Waals surface area contributed by atoms with Gasteiger partial charge in [0, 0.05) is 6.42 Å². The van der Waals surface area contributed by atoms with Crippen LogP contribution >= 0.6 is 0 Å². The van der Waals surface area contributed by atoms with E-state index in [4.69, 9.17) is 15.2 Å². The third-order valence-corrected chi connectivity index (χ3v) is 1.63. The topological polar surface area (TPSA) is 90.6 Å². The van der Waals surface area contributed by atoms with Gasteiger partial charge < -0.3 is 15.2 Å². The first-order valence-electron chi connectivity index (χ1n) is 4.24. The van der Waals surface area contributed by atoms with Crippen molar-refractivity contribution in [2.24, 2.45) is 5.73 Å². The lowest BCUT2D eigenvalue weighted by atomic mass is 10.2. The van der Waals surface area contributed by atoms with Crippen molar-refractivity contribution in [3.05, 3.63) is 11.5 Å². The fraction of sp³-hybridized carbons (Fsp3) is 0.500. The summed E-state index contributed by atoms with van der Waals surface area (Å²) < 4.78 is 9.78. The summed E-state index contributed by atoms with van der Waals surface area (Å²) in [6.45, 7) is 2.34. The fourth-order valence-electron chi connectivity index (χ4n) is 1.09. The van der Waals surface area contributed by atoms with Gasteiger partial charge in [0.2, 0.25) is 5.88 Å². The van der Waals surface area contributed by atoms with E-state index in [9.17, 15) is 9.59 Å². The molecule has 1 heterocycles. The number of nitrogens with two attached hydrogens (primary N) is 1. The quantitative estimate of drug-likeness (QED) is 0.620. The molecule has 1 rings (SSSR count). The van der Waals surface area contributed by atoms with Crippen molar-refractivity contribution in [2.45, 2.75) is 13.3 Å². The zero-order chi connectivity index (χ0) is 10.6. The summed E-state index contributed by atoms with van der Waals surface area (Å²) >= 11 is 0. The molecule has 0 aliphatic carbocycles. The summed E-state index contributed by atoms with van der Waals surface area (Å²) in [6, 6.07) is -0.760. The normalized spacial score (nSPS) is 14.9. The van der Waals surface area contributed by atoms with E-state index in [0.717, 1.165) is 0 Å². The number of ether oxygens (including phenoxy) is 2. The van der Waals surface area contributed by atoms with Crippen LogP contribution in [-0.4, -0.2) is 25.2 Å². The first-order valence-corrected chi connectivity index (χ1v) is 4.24. The summed E-state index contributed by atoms with van der Waals surface area (Å²) in [5.41, 5.74) is 5.22. The van der Waals surface area contributed by atoms with Gasteiger partial charge in [0.1, 0.15) is 5.57 Å². The van der Waals surface area contributed by atoms with Crippen LogP contribution in [0.2, 0.25) is 0 Å². The lowest BCUT2D eigenvalue weighted by molar-refractivity contribution is -0.138. The Bertz CT molecular complexity index is 285. The van der Waals surface area contributed by atoms with Crippen LogP contribution in [0, 0.1) is 0 Å². The average Bonchev–Trinajstić information content (AvgIpc) is 2.51. The molecule has 0 bridgehead atoms. The molecule has 1 aliphatic heterocycles. The van der Waals surface area contributed by atoms with Crippen molar-refractivity contribution in [1.82, 2.24) is 5.32 Å². The molecule has 2 amide bonds. The molecule has 14 heavy (non-hydrogen) atoms. The Morgan fingerprint density at radius 1 is 1.64 bits per heavy atom. The number of esters is 1. The van der Waals surface area contributed by atoms with E-state index in [1.807, 2.05) is 0 Å². The Morgan fingerprint density at radius 3 is 2.93 bits per heavy atom. The molecule has 6 nitrogen and oxygen atoms in total. The van der Waals surface area contributed by atoms with E-state index < -0.39 is 12.0 Å². The highest BCUT2D eigenvalue weighted by Crippen LogP contribution is 2.18. The SMILES string of the molecule is CCOC(=O)C1=C(NC(N)=O)OCC1. The second-order valence-corrected chi connectivity index (χ2v) is 2.62. The minimum atomic E-state index is -0.760. The number of amides is 2. The lowest BCUT2D eigenvalue weighted by Crippen LogP contribution is -2.30. The Balaban J connectivity index is 2.71. The predicted molar refractivity (Wildman–Crippen MR) is 46.9 cm³/mol. The van der Waals surface area contributed by atoms with Gasteiger partial charge >= 0.3 is 12.0 Å². The molecule has 0 saturated heterocycles. The van der Waals surface area contributed by atoms with Crippen LogP contribution in [0.25, 0.3) is 0 Å². The summed E-state index contributed by atoms with van der Waals surface area (Å²) in [4.78, 5) is 21.8. The Labute approximate surface area is 81.0 Å². The number of carbonyl (C=O) groups excluding carboxylic acids is 2. The van der Waals surface area contributed by atoms with Crippen LogP contribution in [0.3, 0.4) is 0 Å². The van der Waals surface area contributed by atoms with Gasteiger partial charge in [-0.25, -0.2) is 9.59 Å². The number of hydrogen-bond acceptors (Lipinski definition) is 4. The van der Waals surface area contributed by atoms with E-state index in [1.165, 1.54) is 0 Å². The van der Waals surface area contributed by atoms with Gasteiger partial charge in [-0.2, -0.15) is 0 Å². The fourth-order valence-corrected chi connectivity index (χ4v) is 1.09. The monoisotopic (exact) mass is 200 g/mol. The van der Waals surface area contributed by atoms with Crippen molar-refractivity contribution in [1.29, 1.82) is 0 Å². The van der Waals surface area contributed by atoms with Crippen LogP contribution in [0.1, 0.15) is 13.3 Å². The smallest absolute Gasteiger partial charge is 0.339 e. The van der Waals surface area contributed by atoms with Gasteiger partial charge in [0.25, 0.3) is 0 Å². The average molecular weight is 200 g/mol. The van der Waals surface area contributed by atoms with E-state index in [2.05, 4.69) is 5.32 Å². The Kier molecular flexibility index (Phi) is 3.33. The van der Waals surface area contributed by atoms with Crippen LogP contribution in [-0.2, 0) is 14.3 Å². The molecule has 0 radical (unpaired) electrons. The molecular weight excluding hydrogens is 188 g/mol. The van der Waals surface area contributed by atoms with Gasteiger partial charge in [0.05, 0.1) is 13.2 Å². The largest absolute Gasteiger partial charge is 0.478 e. The van der Waals surface area contributed by atoms with E-state index in [-0.39, 0.29) is 12.5 Å². The third-order valence-electron chi connectivity index (χ3n) is 1.63. The maximum Gasteiger partial charge on any atom is 0.339 e. The predicted octanol–water partition coefficient (Wildman–Crippen LogP) is -0.150. The zero-order valence-corrected chi connectivity index (χ0v) is 7.83. The van der Waals surface area contributed by atoms with Crippen molar-refractivity contribution in [2.75, 3.05) is 13.2 Å². The molecule has 0 aromatic rings. The molecule has 0 atom stereocenters. The van der Waals surface area contributed by atoms with Crippen molar-refractivity contribution >= 4 is 12.0 Å². The van der Waals surface area contributed by atoms with Gasteiger partial charge in [0.15, 0.2) is 0 Å². The number of hydrogen-bond donors (Lipinski definition) is 2. The highest BCUT2D eigenvalue weighted by molar-refractivity contribution is 5.90. The number of carbonyl (C=O) groups is 2. The molecule has 0 unspecified atom stereocenters. The minimum absolute atomic E-state index is 0.107. The number of rotatable bonds is 3. The number of urea groups is 1. The van der Waals surface area contributed by atoms with Crippen LogP contribution in [0.5, 0.6) is 0 Å². The summed E-state index contributed by atoms with van der Waals surface area (Å²) in [5.74, 6) is -0.371. The highest BCUT2D eigenvalue weighted by atomic mass is 16.5. The van der Waals surface area contributed by atoms with Gasteiger partial charge in [-0.05, 0) is 6.92 Å². The summed E-state index contributed by atoms with van der Waals surface area (Å²) in [7, 11) is 0. The van der Waals surface area contributed by atoms with E-state index in [1.54, 1.807) is 6.92 Å². The first-order chi connectivity index (χ1) is 6.65. The lowest BCUT2D eigenvalue weighted by Gasteiger charge is -2.05. The molecule has 0 spiro atoms. The summed E-state index contributed by atoms with van der Waals surface area (Å²) in [6.07, 6.45) is 0.425. The van der Waals surface area contributed by atoms with Crippen molar-refractivity contribution in [3.63, 3.8) is 0 Å². The molecule has 6 heteroatoms. The van der Waals surface area contributed by atoms with Crippen LogP contribution < -0.4 is 11.1 Å². The maximum absolute atomic E-state index is 11.3. The van der Waals surface area contributed by atoms with Crippen LogP contribution in [0.15, 0.2) is 11.5 Å². The summed E-state index contributed by atoms with van der Waals surface area (Å²) in [5, 5.41) is 2.23. The van der Waals surface area contributed by atoms with E-state index in [0.29, 0.717) is 18.6 Å². The molecule has 3 N–H and O–H groups in total. The van der Waals surface area contributed by atoms with Gasteiger partial charge in [-0.3, -0.25) is 5.32 Å². The number of nitrogens with one attached hydrogen (secondary N) is 1. The molecule has 0 aromatic carbocycles. The van der Waals surface area contributed by atoms with Crippen LogP contribution in [0.4, 0.5) is 4.79 Å². The second-order valence-electron chi connectivity index (χ2n) is 2.62. The number of primary amides is 1. The minimum Gasteiger partial charge on any atom is -0.478 e. The zero-order valence-electron chi connectivity index (χ0n) is 7.83. The first kappa shape index (κ1) is 10.4.